The molecule has 0 atom stereocenters. The van der Waals surface area contributed by atoms with Crippen LogP contribution in [0.5, 0.6) is 0 Å². The van der Waals surface area contributed by atoms with Gasteiger partial charge in [0.1, 0.15) is 6.54 Å². The van der Waals surface area contributed by atoms with Gasteiger partial charge in [0, 0.05) is 12.1 Å². The van der Waals surface area contributed by atoms with Gasteiger partial charge in [0.05, 0.1) is 44.9 Å². The van der Waals surface area contributed by atoms with Gasteiger partial charge in [-0.1, -0.05) is 17.7 Å². The number of rotatable bonds is 5. The van der Waals surface area contributed by atoms with Crippen LogP contribution in [-0.4, -0.2) is 30.2 Å². The first-order chi connectivity index (χ1) is 15.2. The molecule has 2 heterocycles. The summed E-state index contributed by atoms with van der Waals surface area (Å²) < 4.78 is 2.86. The van der Waals surface area contributed by atoms with E-state index in [4.69, 9.17) is 0 Å². The first-order valence-corrected chi connectivity index (χ1v) is 9.81. The van der Waals surface area contributed by atoms with Gasteiger partial charge in [-0.05, 0) is 39.0 Å². The van der Waals surface area contributed by atoms with Crippen LogP contribution in [0.3, 0.4) is 0 Å². The number of amides is 1. The van der Waals surface area contributed by atoms with E-state index >= 15 is 0 Å². The van der Waals surface area contributed by atoms with E-state index in [0.29, 0.717) is 16.9 Å². The van der Waals surface area contributed by atoms with Crippen LogP contribution >= 0.6 is 0 Å². The van der Waals surface area contributed by atoms with Crippen LogP contribution in [0.1, 0.15) is 17.0 Å². The maximum absolute atomic E-state index is 12.7. The van der Waals surface area contributed by atoms with Crippen LogP contribution in [0.4, 0.5) is 11.4 Å². The quantitative estimate of drug-likeness (QED) is 0.382. The lowest BCUT2D eigenvalue weighted by Gasteiger charge is -2.09. The predicted molar refractivity (Wildman–Crippen MR) is 119 cm³/mol. The molecule has 0 bridgehead atoms. The fourth-order valence-corrected chi connectivity index (χ4v) is 3.47. The van der Waals surface area contributed by atoms with Crippen molar-refractivity contribution in [3.05, 3.63) is 86.2 Å². The molecule has 0 aliphatic heterocycles. The van der Waals surface area contributed by atoms with Crippen molar-refractivity contribution in [3.63, 3.8) is 0 Å². The molecule has 2 aromatic carbocycles. The van der Waals surface area contributed by atoms with E-state index in [2.05, 4.69) is 15.4 Å². The summed E-state index contributed by atoms with van der Waals surface area (Å²) in [6.07, 6.45) is 1.26. The van der Waals surface area contributed by atoms with Gasteiger partial charge in [-0.3, -0.25) is 24.3 Å². The topological polar surface area (TPSA) is 125 Å². The normalized spacial score (nSPS) is 11.0. The molecule has 4 rings (SSSR count). The van der Waals surface area contributed by atoms with Gasteiger partial charge in [-0.25, -0.2) is 9.67 Å². The number of benzene rings is 2. The molecule has 0 fully saturated rings. The van der Waals surface area contributed by atoms with Gasteiger partial charge in [0.15, 0.2) is 0 Å². The molecule has 4 aromatic rings. The highest BCUT2D eigenvalue weighted by Gasteiger charge is 2.17. The molecule has 1 N–H and O–H groups in total. The lowest BCUT2D eigenvalue weighted by Crippen LogP contribution is -2.28. The highest BCUT2D eigenvalue weighted by Crippen LogP contribution is 2.23. The fourth-order valence-electron chi connectivity index (χ4n) is 3.47. The third-order valence-corrected chi connectivity index (χ3v) is 5.17. The maximum atomic E-state index is 12.7. The number of carbonyl (C=O) groups is 1. The zero-order valence-corrected chi connectivity index (χ0v) is 17.7. The minimum absolute atomic E-state index is 0.0778. The minimum atomic E-state index is -0.583. The monoisotopic (exact) mass is 432 g/mol. The Morgan fingerprint density at radius 1 is 1.12 bits per heavy atom. The Balaban J connectivity index is 1.60. The van der Waals surface area contributed by atoms with Crippen molar-refractivity contribution in [2.75, 3.05) is 5.32 Å². The van der Waals surface area contributed by atoms with Gasteiger partial charge >= 0.3 is 0 Å². The van der Waals surface area contributed by atoms with E-state index in [1.165, 1.54) is 24.5 Å². The fraction of sp³-hybridized carbons (Fsp3) is 0.182. The Kier molecular flexibility index (Phi) is 5.27. The van der Waals surface area contributed by atoms with Crippen molar-refractivity contribution in [2.24, 2.45) is 0 Å². The number of nitrogens with zero attached hydrogens (tertiary/aromatic N) is 5. The number of aryl methyl sites for hydroxylation is 2. The lowest BCUT2D eigenvalue weighted by atomic mass is 10.2. The van der Waals surface area contributed by atoms with Crippen molar-refractivity contribution in [1.29, 1.82) is 0 Å². The molecule has 0 unspecified atom stereocenters. The Hall–Kier alpha value is -4.34. The summed E-state index contributed by atoms with van der Waals surface area (Å²) in [5.41, 5.74) is 3.52. The SMILES string of the molecule is Cc1ccc(-n2nc(C)c(NC(=O)Cn3cnc4ccc([N+](=O)[O-])cc4c3=O)c2C)cc1. The summed E-state index contributed by atoms with van der Waals surface area (Å²) in [6.45, 7) is 5.34. The lowest BCUT2D eigenvalue weighted by molar-refractivity contribution is -0.384. The van der Waals surface area contributed by atoms with E-state index in [0.717, 1.165) is 21.5 Å². The summed E-state index contributed by atoms with van der Waals surface area (Å²) in [5, 5.41) is 18.4. The molecule has 0 radical (unpaired) electrons. The molecular weight excluding hydrogens is 412 g/mol. The van der Waals surface area contributed by atoms with Crippen LogP contribution in [0.15, 0.2) is 53.6 Å². The summed E-state index contributed by atoms with van der Waals surface area (Å²) >= 11 is 0. The standard InChI is InChI=1S/C22H20N6O4/c1-13-4-6-16(7-5-13)27-15(3)21(14(2)25-27)24-20(29)11-26-12-23-19-9-8-17(28(31)32)10-18(19)22(26)30/h4-10,12H,11H2,1-3H3,(H,24,29). The number of fused-ring (bicyclic) bond motifs is 1. The number of nitro groups is 1. The van der Waals surface area contributed by atoms with E-state index in [1.807, 2.05) is 38.1 Å². The van der Waals surface area contributed by atoms with Gasteiger partial charge in [-0.2, -0.15) is 5.10 Å². The Bertz CT molecular complexity index is 1420. The summed E-state index contributed by atoms with van der Waals surface area (Å²) in [7, 11) is 0. The number of hydrogen-bond acceptors (Lipinski definition) is 6. The second-order valence-electron chi connectivity index (χ2n) is 7.48. The molecule has 1 amide bonds. The molecule has 32 heavy (non-hydrogen) atoms. The largest absolute Gasteiger partial charge is 0.321 e. The first-order valence-electron chi connectivity index (χ1n) is 9.81. The first kappa shape index (κ1) is 20.9. The van der Waals surface area contributed by atoms with Gasteiger partial charge < -0.3 is 5.32 Å². The number of carbonyl (C=O) groups excluding carboxylic acids is 1. The Morgan fingerprint density at radius 3 is 2.53 bits per heavy atom. The van der Waals surface area contributed by atoms with Crippen molar-refractivity contribution >= 4 is 28.2 Å². The van der Waals surface area contributed by atoms with Crippen LogP contribution in [0.2, 0.25) is 0 Å². The van der Waals surface area contributed by atoms with Crippen LogP contribution < -0.4 is 10.9 Å². The highest BCUT2D eigenvalue weighted by atomic mass is 16.6. The molecule has 0 spiro atoms. The van der Waals surface area contributed by atoms with Gasteiger partial charge in [-0.15, -0.1) is 0 Å². The molecule has 10 nitrogen and oxygen atoms in total. The third kappa shape index (κ3) is 3.85. The Morgan fingerprint density at radius 2 is 1.84 bits per heavy atom. The van der Waals surface area contributed by atoms with E-state index in [-0.39, 0.29) is 17.6 Å². The number of nitrogens with one attached hydrogen (secondary N) is 1. The van der Waals surface area contributed by atoms with Crippen molar-refractivity contribution in [3.8, 4) is 5.69 Å². The molecular formula is C22H20N6O4. The maximum Gasteiger partial charge on any atom is 0.270 e. The second kappa shape index (κ2) is 8.06. The number of aromatic nitrogens is 4. The average molecular weight is 432 g/mol. The molecule has 10 heteroatoms. The second-order valence-corrected chi connectivity index (χ2v) is 7.48. The number of non-ortho nitro benzene ring substituents is 1. The summed E-state index contributed by atoms with van der Waals surface area (Å²) in [6, 6.07) is 11.7. The van der Waals surface area contributed by atoms with E-state index in [9.17, 15) is 19.7 Å². The summed E-state index contributed by atoms with van der Waals surface area (Å²) in [5.74, 6) is -0.437. The van der Waals surface area contributed by atoms with Crippen LogP contribution in [0, 0.1) is 30.9 Å². The molecule has 0 aliphatic rings. The Labute approximate surface area is 182 Å². The van der Waals surface area contributed by atoms with Crippen LogP contribution in [0.25, 0.3) is 16.6 Å². The number of anilines is 1. The summed E-state index contributed by atoms with van der Waals surface area (Å²) in [4.78, 5) is 40.0. The molecule has 162 valence electrons. The van der Waals surface area contributed by atoms with Crippen molar-refractivity contribution in [2.45, 2.75) is 27.3 Å². The number of nitro benzene ring substituents is 1. The smallest absolute Gasteiger partial charge is 0.270 e. The minimum Gasteiger partial charge on any atom is -0.321 e. The molecule has 0 saturated carbocycles. The van der Waals surface area contributed by atoms with Crippen molar-refractivity contribution in [1.82, 2.24) is 19.3 Å². The number of hydrogen-bond donors (Lipinski definition) is 1. The van der Waals surface area contributed by atoms with Crippen LogP contribution in [-0.2, 0) is 11.3 Å². The van der Waals surface area contributed by atoms with Gasteiger partial charge in [0.25, 0.3) is 11.2 Å². The zero-order chi connectivity index (χ0) is 23.0. The van der Waals surface area contributed by atoms with Crippen molar-refractivity contribution < 1.29 is 9.72 Å². The molecule has 0 aliphatic carbocycles. The van der Waals surface area contributed by atoms with E-state index < -0.39 is 16.4 Å². The predicted octanol–water partition coefficient (Wildman–Crippen LogP) is 3.05. The highest BCUT2D eigenvalue weighted by molar-refractivity contribution is 5.92. The average Bonchev–Trinajstić information content (AvgIpc) is 3.04. The zero-order valence-electron chi connectivity index (χ0n) is 17.7. The van der Waals surface area contributed by atoms with Gasteiger partial charge in [0.2, 0.25) is 5.91 Å². The third-order valence-electron chi connectivity index (χ3n) is 5.17. The molecule has 0 saturated heterocycles. The van der Waals surface area contributed by atoms with E-state index in [1.54, 1.807) is 11.6 Å². The molecule has 2 aromatic heterocycles.